The molecule has 2 nitrogen and oxygen atoms in total. The number of thioether (sulfide) groups is 1. The Morgan fingerprint density at radius 2 is 1.68 bits per heavy atom. The van der Waals surface area contributed by atoms with Crippen molar-refractivity contribution < 1.29 is 27.5 Å². The Morgan fingerprint density at radius 3 is 2.32 bits per heavy atom. The van der Waals surface area contributed by atoms with E-state index in [2.05, 4.69) is 6.92 Å². The van der Waals surface area contributed by atoms with Gasteiger partial charge in [-0.1, -0.05) is 75.4 Å². The van der Waals surface area contributed by atoms with Gasteiger partial charge < -0.3 is 5.11 Å². The van der Waals surface area contributed by atoms with Crippen molar-refractivity contribution in [3.63, 3.8) is 0 Å². The fraction of sp³-hybridized carbons (Fsp3) is 0.519. The standard InChI is InChI=1S/C27H32F4O2S/c1-2-3-4-5-6-8-17-11-13-18(14-12-17)23-19(9-7-10-21(23)26(32)33)20-15-16-22(34-27(30)31)25(29)24(20)28/h7,9-10,15-18,27H,2-6,8,11-14H2,1H3,(H,32,33)/t17-,18-. The molecule has 0 atom stereocenters. The highest BCUT2D eigenvalue weighted by Crippen LogP contribution is 2.44. The lowest BCUT2D eigenvalue weighted by atomic mass is 9.74. The Kier molecular flexibility index (Phi) is 9.86. The monoisotopic (exact) mass is 496 g/mol. The molecule has 0 amide bonds. The predicted molar refractivity (Wildman–Crippen MR) is 129 cm³/mol. The van der Waals surface area contributed by atoms with Gasteiger partial charge >= 0.3 is 5.97 Å². The van der Waals surface area contributed by atoms with Gasteiger partial charge in [-0.15, -0.1) is 0 Å². The van der Waals surface area contributed by atoms with Crippen LogP contribution >= 0.6 is 11.8 Å². The van der Waals surface area contributed by atoms with Crippen LogP contribution in [0.4, 0.5) is 17.6 Å². The van der Waals surface area contributed by atoms with Gasteiger partial charge in [0, 0.05) is 5.56 Å². The smallest absolute Gasteiger partial charge is 0.335 e. The Hall–Kier alpha value is -2.02. The third kappa shape index (κ3) is 6.55. The molecule has 1 aliphatic rings. The van der Waals surface area contributed by atoms with Gasteiger partial charge in [0.15, 0.2) is 11.6 Å². The lowest BCUT2D eigenvalue weighted by Gasteiger charge is -2.31. The fourth-order valence-corrected chi connectivity index (χ4v) is 5.66. The van der Waals surface area contributed by atoms with Crippen LogP contribution in [0.1, 0.15) is 93.0 Å². The Bertz CT molecular complexity index is 971. The number of hydrogen-bond donors (Lipinski definition) is 1. The highest BCUT2D eigenvalue weighted by atomic mass is 32.2. The molecule has 0 aromatic heterocycles. The first-order chi connectivity index (χ1) is 16.3. The number of aromatic carboxylic acids is 1. The van der Waals surface area contributed by atoms with E-state index in [1.807, 2.05) is 0 Å². The normalized spacial score (nSPS) is 18.4. The molecule has 2 aromatic carbocycles. The zero-order valence-corrected chi connectivity index (χ0v) is 20.3. The van der Waals surface area contributed by atoms with E-state index < -0.39 is 28.3 Å². The van der Waals surface area contributed by atoms with Gasteiger partial charge in [-0.2, -0.15) is 8.78 Å². The molecule has 1 fully saturated rings. The molecule has 1 saturated carbocycles. The number of unbranched alkanes of at least 4 members (excludes halogenated alkanes) is 4. The molecule has 3 rings (SSSR count). The molecule has 0 bridgehead atoms. The summed E-state index contributed by atoms with van der Waals surface area (Å²) in [4.78, 5) is 11.5. The lowest BCUT2D eigenvalue weighted by molar-refractivity contribution is 0.0694. The van der Waals surface area contributed by atoms with E-state index in [1.54, 1.807) is 6.07 Å². The number of benzene rings is 2. The van der Waals surface area contributed by atoms with Crippen molar-refractivity contribution in [2.45, 2.75) is 87.7 Å². The summed E-state index contributed by atoms with van der Waals surface area (Å²) < 4.78 is 54.9. The zero-order chi connectivity index (χ0) is 24.7. The largest absolute Gasteiger partial charge is 0.478 e. The maximum absolute atomic E-state index is 15.0. The fourth-order valence-electron chi connectivity index (χ4n) is 5.13. The van der Waals surface area contributed by atoms with Crippen LogP contribution in [0.3, 0.4) is 0 Å². The van der Waals surface area contributed by atoms with E-state index in [1.165, 1.54) is 56.7 Å². The lowest BCUT2D eigenvalue weighted by Crippen LogP contribution is -2.17. The Morgan fingerprint density at radius 1 is 0.971 bits per heavy atom. The highest BCUT2D eigenvalue weighted by molar-refractivity contribution is 7.99. The predicted octanol–water partition coefficient (Wildman–Crippen LogP) is 9.28. The van der Waals surface area contributed by atoms with Gasteiger partial charge in [0.05, 0.1) is 10.5 Å². The van der Waals surface area contributed by atoms with E-state index in [0.717, 1.165) is 31.7 Å². The SMILES string of the molecule is CCCCCCC[C@H]1CC[C@H](c2c(C(=O)O)cccc2-c2ccc(SC(F)F)c(F)c2F)CC1. The van der Waals surface area contributed by atoms with E-state index in [0.29, 0.717) is 17.0 Å². The third-order valence-electron chi connectivity index (χ3n) is 6.86. The molecule has 0 saturated heterocycles. The molecule has 0 heterocycles. The van der Waals surface area contributed by atoms with Crippen LogP contribution in [0, 0.1) is 17.6 Å². The molecule has 186 valence electrons. The van der Waals surface area contributed by atoms with Gasteiger partial charge in [-0.25, -0.2) is 13.6 Å². The van der Waals surface area contributed by atoms with Gasteiger partial charge in [0.1, 0.15) is 0 Å². The summed E-state index contributed by atoms with van der Waals surface area (Å²) in [5.41, 5.74) is 0.843. The third-order valence-corrected chi connectivity index (χ3v) is 7.61. The van der Waals surface area contributed by atoms with E-state index in [4.69, 9.17) is 0 Å². The van der Waals surface area contributed by atoms with E-state index in [-0.39, 0.29) is 28.8 Å². The molecule has 7 heteroatoms. The first kappa shape index (κ1) is 26.6. The van der Waals surface area contributed by atoms with Crippen molar-refractivity contribution in [3.8, 4) is 11.1 Å². The second-order valence-electron chi connectivity index (χ2n) is 9.11. The number of rotatable bonds is 11. The van der Waals surface area contributed by atoms with Crippen molar-refractivity contribution in [2.75, 3.05) is 0 Å². The van der Waals surface area contributed by atoms with Crippen molar-refractivity contribution in [2.24, 2.45) is 5.92 Å². The highest BCUT2D eigenvalue weighted by Gasteiger charge is 2.29. The summed E-state index contributed by atoms with van der Waals surface area (Å²) in [6.45, 7) is 2.20. The maximum Gasteiger partial charge on any atom is 0.335 e. The van der Waals surface area contributed by atoms with Gasteiger partial charge in [-0.05, 0) is 60.8 Å². The first-order valence-corrected chi connectivity index (χ1v) is 13.0. The molecule has 0 aliphatic heterocycles. The molecule has 0 radical (unpaired) electrons. The van der Waals surface area contributed by atoms with Gasteiger partial charge in [-0.3, -0.25) is 0 Å². The summed E-state index contributed by atoms with van der Waals surface area (Å²) >= 11 is -0.0482. The zero-order valence-electron chi connectivity index (χ0n) is 19.5. The number of hydrogen-bond acceptors (Lipinski definition) is 2. The Balaban J connectivity index is 1.84. The number of halogens is 4. The number of carboxylic acid groups (broad SMARTS) is 1. The molecule has 0 unspecified atom stereocenters. The molecular weight excluding hydrogens is 464 g/mol. The summed E-state index contributed by atoms with van der Waals surface area (Å²) in [5.74, 6) is -6.00. The average molecular weight is 497 g/mol. The topological polar surface area (TPSA) is 37.3 Å². The van der Waals surface area contributed by atoms with Crippen LogP contribution in [-0.2, 0) is 0 Å². The number of carboxylic acids is 1. The minimum atomic E-state index is -2.87. The van der Waals surface area contributed by atoms with Gasteiger partial charge in [0.25, 0.3) is 5.76 Å². The maximum atomic E-state index is 15.0. The molecule has 1 N–H and O–H groups in total. The van der Waals surface area contributed by atoms with Crippen LogP contribution in [0.15, 0.2) is 35.2 Å². The minimum absolute atomic E-state index is 0.0482. The van der Waals surface area contributed by atoms with Crippen molar-refractivity contribution in [1.82, 2.24) is 0 Å². The molecule has 0 spiro atoms. The number of alkyl halides is 2. The van der Waals surface area contributed by atoms with Crippen LogP contribution in [-0.4, -0.2) is 16.8 Å². The second kappa shape index (κ2) is 12.6. The van der Waals surface area contributed by atoms with Crippen molar-refractivity contribution >= 4 is 17.7 Å². The van der Waals surface area contributed by atoms with Crippen LogP contribution in [0.25, 0.3) is 11.1 Å². The van der Waals surface area contributed by atoms with Gasteiger partial charge in [0.2, 0.25) is 0 Å². The minimum Gasteiger partial charge on any atom is -0.478 e. The summed E-state index contributed by atoms with van der Waals surface area (Å²) in [6.07, 6.45) is 10.9. The first-order valence-electron chi connectivity index (χ1n) is 12.1. The van der Waals surface area contributed by atoms with Crippen LogP contribution in [0.2, 0.25) is 0 Å². The van der Waals surface area contributed by atoms with E-state index >= 15 is 0 Å². The Labute approximate surface area is 203 Å². The molecule has 1 aliphatic carbocycles. The summed E-state index contributed by atoms with van der Waals surface area (Å²) in [6, 6.07) is 7.02. The number of carbonyl (C=O) groups is 1. The molecule has 34 heavy (non-hydrogen) atoms. The van der Waals surface area contributed by atoms with Crippen LogP contribution in [0.5, 0.6) is 0 Å². The van der Waals surface area contributed by atoms with Crippen molar-refractivity contribution in [1.29, 1.82) is 0 Å². The molecular formula is C27H32F4O2S. The quantitative estimate of drug-likeness (QED) is 0.191. The van der Waals surface area contributed by atoms with E-state index in [9.17, 15) is 27.5 Å². The summed E-state index contributed by atoms with van der Waals surface area (Å²) in [5, 5.41) is 9.82. The van der Waals surface area contributed by atoms with Crippen LogP contribution < -0.4 is 0 Å². The average Bonchev–Trinajstić information content (AvgIpc) is 2.82. The molecule has 2 aromatic rings. The van der Waals surface area contributed by atoms with Crippen molar-refractivity contribution in [3.05, 3.63) is 53.1 Å². The second-order valence-corrected chi connectivity index (χ2v) is 10.1. The summed E-state index contributed by atoms with van der Waals surface area (Å²) in [7, 11) is 0.